The van der Waals surface area contributed by atoms with Crippen LogP contribution < -0.4 is 0 Å². The second-order valence-corrected chi connectivity index (χ2v) is 3.34. The van der Waals surface area contributed by atoms with Crippen molar-refractivity contribution in [1.29, 1.82) is 0 Å². The number of rotatable bonds is 3. The Kier molecular flexibility index (Phi) is 2.52. The van der Waals surface area contributed by atoms with Crippen LogP contribution in [0.4, 0.5) is 0 Å². The molecular weight excluding hydrogens is 156 g/mol. The molecule has 0 aromatic carbocycles. The van der Waals surface area contributed by atoms with Crippen LogP contribution in [0.2, 0.25) is 0 Å². The van der Waals surface area contributed by atoms with Crippen molar-refractivity contribution in [2.75, 3.05) is 6.61 Å². The first-order valence-electron chi connectivity index (χ1n) is 4.03. The van der Waals surface area contributed by atoms with Gasteiger partial charge in [0.1, 0.15) is 12.7 Å². The predicted molar refractivity (Wildman–Crippen MR) is 44.7 cm³/mol. The highest BCUT2D eigenvalue weighted by molar-refractivity contribution is 5.81. The van der Waals surface area contributed by atoms with Gasteiger partial charge in [-0.25, -0.2) is 4.79 Å². The zero-order chi connectivity index (χ0) is 9.19. The van der Waals surface area contributed by atoms with E-state index in [1.165, 1.54) is 6.08 Å². The van der Waals surface area contributed by atoms with Crippen molar-refractivity contribution in [2.24, 2.45) is 0 Å². The molecule has 0 aromatic rings. The first-order valence-corrected chi connectivity index (χ1v) is 4.03. The molecule has 1 saturated heterocycles. The Morgan fingerprint density at radius 3 is 2.67 bits per heavy atom. The summed E-state index contributed by atoms with van der Waals surface area (Å²) in [6.45, 7) is 6.08. The smallest absolute Gasteiger partial charge is 0.330 e. The predicted octanol–water partition coefficient (Wildman–Crippen LogP) is 1.28. The molecule has 0 radical (unpaired) electrons. The molecule has 3 nitrogen and oxygen atoms in total. The minimum Gasteiger partial charge on any atom is -0.460 e. The van der Waals surface area contributed by atoms with Gasteiger partial charge in [0.05, 0.1) is 5.60 Å². The van der Waals surface area contributed by atoms with E-state index in [0.717, 1.165) is 0 Å². The van der Waals surface area contributed by atoms with Crippen molar-refractivity contribution in [1.82, 2.24) is 0 Å². The van der Waals surface area contributed by atoms with Crippen LogP contribution in [0, 0.1) is 0 Å². The molecule has 0 saturated carbocycles. The van der Waals surface area contributed by atoms with E-state index in [0.29, 0.717) is 6.61 Å². The van der Waals surface area contributed by atoms with Crippen molar-refractivity contribution in [3.63, 3.8) is 0 Å². The summed E-state index contributed by atoms with van der Waals surface area (Å²) in [6, 6.07) is 0. The van der Waals surface area contributed by atoms with E-state index >= 15 is 0 Å². The van der Waals surface area contributed by atoms with Crippen LogP contribution >= 0.6 is 0 Å². The average molecular weight is 170 g/mol. The Hall–Kier alpha value is -0.830. The highest BCUT2D eigenvalue weighted by Crippen LogP contribution is 2.35. The third-order valence-electron chi connectivity index (χ3n) is 1.84. The van der Waals surface area contributed by atoms with E-state index in [1.807, 2.05) is 13.8 Å². The molecule has 0 amide bonds. The van der Waals surface area contributed by atoms with Crippen molar-refractivity contribution < 1.29 is 14.3 Å². The fourth-order valence-corrected chi connectivity index (χ4v) is 0.909. The SMILES string of the molecule is CC=CC(=O)OCC1OC1(C)C. The highest BCUT2D eigenvalue weighted by Gasteiger charge is 2.48. The van der Waals surface area contributed by atoms with E-state index in [4.69, 9.17) is 9.47 Å². The normalized spacial score (nSPS) is 25.8. The number of epoxide rings is 1. The van der Waals surface area contributed by atoms with Crippen LogP contribution in [-0.4, -0.2) is 24.3 Å². The number of allylic oxidation sites excluding steroid dienone is 1. The molecule has 12 heavy (non-hydrogen) atoms. The maximum Gasteiger partial charge on any atom is 0.330 e. The minimum absolute atomic E-state index is 0.0757. The second-order valence-electron chi connectivity index (χ2n) is 3.34. The van der Waals surface area contributed by atoms with Gasteiger partial charge >= 0.3 is 5.97 Å². The maximum absolute atomic E-state index is 10.8. The first-order chi connectivity index (χ1) is 5.56. The molecule has 1 aliphatic rings. The maximum atomic E-state index is 10.8. The molecule has 68 valence electrons. The van der Waals surface area contributed by atoms with Gasteiger partial charge in [0.15, 0.2) is 0 Å². The van der Waals surface area contributed by atoms with Gasteiger partial charge in [-0.15, -0.1) is 0 Å². The van der Waals surface area contributed by atoms with Crippen LogP contribution in [0.25, 0.3) is 0 Å². The summed E-state index contributed by atoms with van der Waals surface area (Å²) >= 11 is 0. The Balaban J connectivity index is 2.16. The second kappa shape index (κ2) is 3.27. The van der Waals surface area contributed by atoms with Crippen LogP contribution in [0.5, 0.6) is 0 Å². The fourth-order valence-electron chi connectivity index (χ4n) is 0.909. The Labute approximate surface area is 72.4 Å². The van der Waals surface area contributed by atoms with Gasteiger partial charge in [-0.2, -0.15) is 0 Å². The summed E-state index contributed by atoms with van der Waals surface area (Å²) in [7, 11) is 0. The van der Waals surface area contributed by atoms with Gasteiger partial charge in [-0.3, -0.25) is 0 Å². The fraction of sp³-hybridized carbons (Fsp3) is 0.667. The van der Waals surface area contributed by atoms with Gasteiger partial charge in [-0.1, -0.05) is 6.08 Å². The number of hydrogen-bond donors (Lipinski definition) is 0. The summed E-state index contributed by atoms with van der Waals surface area (Å²) in [5.41, 5.74) is -0.101. The lowest BCUT2D eigenvalue weighted by atomic mass is 10.1. The Morgan fingerprint density at radius 2 is 2.25 bits per heavy atom. The first kappa shape index (κ1) is 9.26. The van der Waals surface area contributed by atoms with Crippen LogP contribution in [0.3, 0.4) is 0 Å². The third-order valence-corrected chi connectivity index (χ3v) is 1.84. The van der Waals surface area contributed by atoms with Gasteiger partial charge in [-0.05, 0) is 20.8 Å². The van der Waals surface area contributed by atoms with Gasteiger partial charge in [0, 0.05) is 6.08 Å². The largest absolute Gasteiger partial charge is 0.460 e. The third kappa shape index (κ3) is 2.34. The monoisotopic (exact) mass is 170 g/mol. The quantitative estimate of drug-likeness (QED) is 0.364. The molecule has 1 fully saturated rings. The number of carbonyl (C=O) groups excluding carboxylic acids is 1. The summed E-state index contributed by atoms with van der Waals surface area (Å²) < 4.78 is 10.1. The zero-order valence-corrected chi connectivity index (χ0v) is 7.66. The molecule has 1 aliphatic heterocycles. The highest BCUT2D eigenvalue weighted by atomic mass is 16.6. The van der Waals surface area contributed by atoms with Gasteiger partial charge < -0.3 is 9.47 Å². The van der Waals surface area contributed by atoms with Crippen molar-refractivity contribution in [3.8, 4) is 0 Å². The van der Waals surface area contributed by atoms with Gasteiger partial charge in [0.25, 0.3) is 0 Å². The lowest BCUT2D eigenvalue weighted by molar-refractivity contribution is -0.138. The molecule has 1 atom stereocenters. The molecule has 0 bridgehead atoms. The zero-order valence-electron chi connectivity index (χ0n) is 7.66. The molecule has 0 N–H and O–H groups in total. The molecule has 3 heteroatoms. The molecular formula is C9H14O3. The summed E-state index contributed by atoms with van der Waals surface area (Å²) in [5.74, 6) is -0.302. The molecule has 1 heterocycles. The molecule has 0 aliphatic carbocycles. The van der Waals surface area contributed by atoms with Crippen molar-refractivity contribution in [2.45, 2.75) is 32.5 Å². The number of ether oxygens (including phenoxy) is 2. The number of carbonyl (C=O) groups is 1. The summed E-state index contributed by atoms with van der Waals surface area (Å²) in [5, 5.41) is 0. The Morgan fingerprint density at radius 1 is 1.67 bits per heavy atom. The average Bonchev–Trinajstić information content (AvgIpc) is 2.56. The molecule has 1 rings (SSSR count). The number of esters is 1. The summed E-state index contributed by atoms with van der Waals surface area (Å²) in [4.78, 5) is 10.8. The molecule has 1 unspecified atom stereocenters. The summed E-state index contributed by atoms with van der Waals surface area (Å²) in [6.07, 6.45) is 3.13. The van der Waals surface area contributed by atoms with E-state index in [2.05, 4.69) is 0 Å². The van der Waals surface area contributed by atoms with Crippen LogP contribution in [0.15, 0.2) is 12.2 Å². The van der Waals surface area contributed by atoms with E-state index in [1.54, 1.807) is 13.0 Å². The lowest BCUT2D eigenvalue weighted by Crippen LogP contribution is -2.12. The van der Waals surface area contributed by atoms with E-state index in [9.17, 15) is 4.79 Å². The van der Waals surface area contributed by atoms with E-state index < -0.39 is 0 Å². The van der Waals surface area contributed by atoms with Gasteiger partial charge in [0.2, 0.25) is 0 Å². The molecule has 0 aromatic heterocycles. The standard InChI is InChI=1S/C9H14O3/c1-4-5-8(10)11-6-7-9(2,3)12-7/h4-5,7H,6H2,1-3H3. The minimum atomic E-state index is -0.302. The number of hydrogen-bond acceptors (Lipinski definition) is 3. The Bertz CT molecular complexity index is 206. The van der Waals surface area contributed by atoms with Crippen LogP contribution in [0.1, 0.15) is 20.8 Å². The van der Waals surface area contributed by atoms with Crippen molar-refractivity contribution in [3.05, 3.63) is 12.2 Å². The van der Waals surface area contributed by atoms with Crippen LogP contribution in [-0.2, 0) is 14.3 Å². The lowest BCUT2D eigenvalue weighted by Gasteiger charge is -1.98. The topological polar surface area (TPSA) is 38.8 Å². The van der Waals surface area contributed by atoms with E-state index in [-0.39, 0.29) is 17.7 Å². The van der Waals surface area contributed by atoms with Crippen molar-refractivity contribution >= 4 is 5.97 Å². The molecule has 0 spiro atoms.